The first kappa shape index (κ1) is 19.3. The van der Waals surface area contributed by atoms with Crippen LogP contribution in [0, 0.1) is 13.8 Å². The summed E-state index contributed by atoms with van der Waals surface area (Å²) in [5, 5.41) is 11.2. The van der Waals surface area contributed by atoms with E-state index in [0.717, 1.165) is 49.0 Å². The first-order valence-electron chi connectivity index (χ1n) is 10.1. The van der Waals surface area contributed by atoms with Gasteiger partial charge in [-0.2, -0.15) is 0 Å². The zero-order valence-electron chi connectivity index (χ0n) is 17.3. The molecule has 5 heteroatoms. The SMILES string of the molecule is Cc1cccc(C)c1N=c1sc(/C=C2\C=Nc3ccccc32)c(O)n1-c1ccccc1. The summed E-state index contributed by atoms with van der Waals surface area (Å²) in [6.07, 6.45) is 3.83. The number of fused-ring (bicyclic) bond motifs is 1. The second kappa shape index (κ2) is 7.85. The Balaban J connectivity index is 1.74. The van der Waals surface area contributed by atoms with Crippen molar-refractivity contribution in [1.82, 2.24) is 4.57 Å². The minimum absolute atomic E-state index is 0.173. The quantitative estimate of drug-likeness (QED) is 0.410. The van der Waals surface area contributed by atoms with Gasteiger partial charge in [-0.15, -0.1) is 0 Å². The van der Waals surface area contributed by atoms with Crippen LogP contribution in [0.3, 0.4) is 0 Å². The van der Waals surface area contributed by atoms with Crippen molar-refractivity contribution in [2.24, 2.45) is 9.98 Å². The van der Waals surface area contributed by atoms with E-state index in [2.05, 4.69) is 31.0 Å². The number of nitrogens with zero attached hydrogens (tertiary/aromatic N) is 3. The molecule has 1 aliphatic heterocycles. The molecule has 3 aromatic carbocycles. The van der Waals surface area contributed by atoms with Crippen molar-refractivity contribution < 1.29 is 5.11 Å². The van der Waals surface area contributed by atoms with Crippen molar-refractivity contribution in [3.63, 3.8) is 0 Å². The van der Waals surface area contributed by atoms with E-state index in [1.54, 1.807) is 4.57 Å². The first-order valence-corrected chi connectivity index (χ1v) is 10.9. The summed E-state index contributed by atoms with van der Waals surface area (Å²) in [5.41, 5.74) is 6.99. The molecule has 0 unspecified atom stereocenters. The fourth-order valence-electron chi connectivity index (χ4n) is 3.74. The number of benzene rings is 3. The van der Waals surface area contributed by atoms with Crippen LogP contribution in [0.15, 0.2) is 82.8 Å². The van der Waals surface area contributed by atoms with Crippen molar-refractivity contribution in [3.05, 3.63) is 99.2 Å². The third-order valence-corrected chi connectivity index (χ3v) is 6.31. The van der Waals surface area contributed by atoms with E-state index in [0.29, 0.717) is 0 Å². The van der Waals surface area contributed by atoms with E-state index >= 15 is 0 Å². The molecule has 4 nitrogen and oxygen atoms in total. The Bertz CT molecular complexity index is 1390. The summed E-state index contributed by atoms with van der Waals surface area (Å²) in [6, 6.07) is 24.0. The number of hydrogen-bond donors (Lipinski definition) is 1. The zero-order chi connectivity index (χ0) is 21.4. The predicted molar refractivity (Wildman–Crippen MR) is 129 cm³/mol. The maximum absolute atomic E-state index is 11.2. The van der Waals surface area contributed by atoms with Crippen molar-refractivity contribution in [2.45, 2.75) is 13.8 Å². The lowest BCUT2D eigenvalue weighted by atomic mass is 10.1. The third kappa shape index (κ3) is 3.53. The van der Waals surface area contributed by atoms with E-state index in [-0.39, 0.29) is 5.88 Å². The van der Waals surface area contributed by atoms with Crippen molar-refractivity contribution in [2.75, 3.05) is 0 Å². The van der Waals surface area contributed by atoms with Crippen LogP contribution in [0.5, 0.6) is 5.88 Å². The number of allylic oxidation sites excluding steroid dienone is 1. The number of aryl methyl sites for hydroxylation is 2. The summed E-state index contributed by atoms with van der Waals surface area (Å²) >= 11 is 1.46. The number of aliphatic imine (C=N–C) groups is 1. The largest absolute Gasteiger partial charge is 0.493 e. The monoisotopic (exact) mass is 423 g/mol. The Kier molecular flexibility index (Phi) is 4.88. The molecule has 4 aromatic rings. The maximum Gasteiger partial charge on any atom is 0.215 e. The topological polar surface area (TPSA) is 49.9 Å². The van der Waals surface area contributed by atoms with Gasteiger partial charge in [0.05, 0.1) is 21.9 Å². The van der Waals surface area contributed by atoms with Crippen LogP contribution < -0.4 is 4.80 Å². The Morgan fingerprint density at radius 2 is 1.61 bits per heavy atom. The average Bonchev–Trinajstić information content (AvgIpc) is 3.33. The summed E-state index contributed by atoms with van der Waals surface area (Å²) in [4.78, 5) is 10.9. The first-order chi connectivity index (χ1) is 15.1. The smallest absolute Gasteiger partial charge is 0.215 e. The van der Waals surface area contributed by atoms with Gasteiger partial charge in [0.1, 0.15) is 0 Å². The van der Waals surface area contributed by atoms with Crippen LogP contribution in [-0.2, 0) is 0 Å². The second-order valence-corrected chi connectivity index (χ2v) is 8.48. The van der Waals surface area contributed by atoms with Gasteiger partial charge < -0.3 is 5.11 Å². The highest BCUT2D eigenvalue weighted by molar-refractivity contribution is 7.10. The van der Waals surface area contributed by atoms with Gasteiger partial charge >= 0.3 is 0 Å². The zero-order valence-corrected chi connectivity index (χ0v) is 18.1. The van der Waals surface area contributed by atoms with E-state index in [1.807, 2.05) is 73.0 Å². The summed E-state index contributed by atoms with van der Waals surface area (Å²) in [5.74, 6) is 0.173. The van der Waals surface area contributed by atoms with Gasteiger partial charge in [-0.25, -0.2) is 4.99 Å². The Hall–Kier alpha value is -3.70. The molecular formula is C26H21N3OS. The predicted octanol–water partition coefficient (Wildman–Crippen LogP) is 6.35. The summed E-state index contributed by atoms with van der Waals surface area (Å²) in [6.45, 7) is 4.11. The molecule has 0 amide bonds. The normalized spacial score (nSPS) is 14.4. The van der Waals surface area contributed by atoms with Crippen LogP contribution in [0.2, 0.25) is 0 Å². The number of hydrogen-bond acceptors (Lipinski definition) is 4. The van der Waals surface area contributed by atoms with Crippen molar-refractivity contribution >= 4 is 40.6 Å². The highest BCUT2D eigenvalue weighted by Gasteiger charge is 2.17. The summed E-state index contributed by atoms with van der Waals surface area (Å²) in [7, 11) is 0. The molecule has 0 saturated carbocycles. The molecule has 152 valence electrons. The molecule has 1 aliphatic rings. The van der Waals surface area contributed by atoms with Gasteiger partial charge in [0.2, 0.25) is 5.88 Å². The molecule has 0 radical (unpaired) electrons. The summed E-state index contributed by atoms with van der Waals surface area (Å²) < 4.78 is 1.81. The van der Waals surface area contributed by atoms with E-state index in [1.165, 1.54) is 11.3 Å². The minimum Gasteiger partial charge on any atom is -0.493 e. The molecule has 2 heterocycles. The van der Waals surface area contributed by atoms with E-state index in [4.69, 9.17) is 4.99 Å². The lowest BCUT2D eigenvalue weighted by molar-refractivity contribution is 0.439. The highest BCUT2D eigenvalue weighted by atomic mass is 32.1. The number of aromatic hydroxyl groups is 1. The van der Waals surface area contributed by atoms with Gasteiger partial charge in [0, 0.05) is 17.4 Å². The molecule has 5 rings (SSSR count). The van der Waals surface area contributed by atoms with Crippen LogP contribution in [0.4, 0.5) is 11.4 Å². The molecule has 1 N–H and O–H groups in total. The van der Waals surface area contributed by atoms with E-state index in [9.17, 15) is 5.11 Å². The number of rotatable bonds is 3. The fourth-order valence-corrected chi connectivity index (χ4v) is 4.73. The standard InChI is InChI=1S/C26H21N3OS/c1-17-9-8-10-18(2)24(17)28-26-29(20-11-4-3-5-12-20)25(30)23(31-26)15-19-16-27-22-14-7-6-13-21(19)22/h3-16,30H,1-2H3/b19-15+,28-26?. The number of thiazole rings is 1. The molecule has 0 atom stereocenters. The average molecular weight is 424 g/mol. The van der Waals surface area contributed by atoms with Crippen LogP contribution >= 0.6 is 11.3 Å². The minimum atomic E-state index is 0.173. The highest BCUT2D eigenvalue weighted by Crippen LogP contribution is 2.35. The molecular weight excluding hydrogens is 402 g/mol. The molecule has 0 spiro atoms. The molecule has 0 aliphatic carbocycles. The van der Waals surface area contributed by atoms with E-state index < -0.39 is 0 Å². The number of aromatic nitrogens is 1. The van der Waals surface area contributed by atoms with Crippen LogP contribution in [-0.4, -0.2) is 15.9 Å². The maximum atomic E-state index is 11.2. The molecule has 0 bridgehead atoms. The van der Waals surface area contributed by atoms with Crippen molar-refractivity contribution in [3.8, 4) is 11.6 Å². The van der Waals surface area contributed by atoms with Crippen molar-refractivity contribution in [1.29, 1.82) is 0 Å². The lowest BCUT2D eigenvalue weighted by Gasteiger charge is -2.06. The molecule has 1 aromatic heterocycles. The third-order valence-electron chi connectivity index (χ3n) is 5.33. The van der Waals surface area contributed by atoms with Gasteiger partial charge in [-0.3, -0.25) is 9.56 Å². The van der Waals surface area contributed by atoms with Gasteiger partial charge in [-0.05, 0) is 49.2 Å². The lowest BCUT2D eigenvalue weighted by Crippen LogP contribution is -2.12. The van der Waals surface area contributed by atoms with Crippen LogP contribution in [0.25, 0.3) is 17.3 Å². The second-order valence-electron chi connectivity index (χ2n) is 7.47. The molecule has 0 fully saturated rings. The molecule has 0 saturated heterocycles. The van der Waals surface area contributed by atoms with Gasteiger partial charge in [-0.1, -0.05) is 65.9 Å². The Morgan fingerprint density at radius 1 is 0.903 bits per heavy atom. The Morgan fingerprint density at radius 3 is 2.39 bits per heavy atom. The fraction of sp³-hybridized carbons (Fsp3) is 0.0769. The van der Waals surface area contributed by atoms with Gasteiger partial charge in [0.15, 0.2) is 4.80 Å². The number of para-hydroxylation sites is 3. The van der Waals surface area contributed by atoms with Crippen LogP contribution in [0.1, 0.15) is 21.6 Å². The molecule has 31 heavy (non-hydrogen) atoms. The Labute approximate surface area is 184 Å². The van der Waals surface area contributed by atoms with Gasteiger partial charge in [0.25, 0.3) is 0 Å².